The summed E-state index contributed by atoms with van der Waals surface area (Å²) in [4.78, 5) is 23.1. The maximum absolute atomic E-state index is 11.6. The lowest BCUT2D eigenvalue weighted by Crippen LogP contribution is -2.29. The van der Waals surface area contributed by atoms with Crippen molar-refractivity contribution in [2.75, 3.05) is 13.2 Å². The third-order valence-corrected chi connectivity index (χ3v) is 3.32. The van der Waals surface area contributed by atoms with Crippen LogP contribution in [0.4, 0.5) is 0 Å². The molecule has 0 atom stereocenters. The van der Waals surface area contributed by atoms with Crippen molar-refractivity contribution < 1.29 is 18.8 Å². The van der Waals surface area contributed by atoms with Crippen LogP contribution in [0.15, 0.2) is 22.2 Å². The van der Waals surface area contributed by atoms with Gasteiger partial charge in [-0.15, -0.1) is 0 Å². The highest BCUT2D eigenvalue weighted by molar-refractivity contribution is 5.88. The molecular formula is C15H20N2O4. The summed E-state index contributed by atoms with van der Waals surface area (Å²) < 4.78 is 9.60. The van der Waals surface area contributed by atoms with Crippen molar-refractivity contribution in [3.05, 3.63) is 29.2 Å². The number of ether oxygens (including phenoxy) is 1. The van der Waals surface area contributed by atoms with Gasteiger partial charge >= 0.3 is 5.97 Å². The minimum atomic E-state index is -0.680. The second-order valence-electron chi connectivity index (χ2n) is 5.12. The molecule has 1 N–H and O–H groups in total. The maximum Gasteiger partial charge on any atom is 0.377 e. The van der Waals surface area contributed by atoms with Gasteiger partial charge in [0.15, 0.2) is 6.61 Å². The van der Waals surface area contributed by atoms with Crippen LogP contribution in [0.3, 0.4) is 0 Å². The van der Waals surface area contributed by atoms with Gasteiger partial charge in [-0.1, -0.05) is 16.8 Å². The number of esters is 1. The Labute approximate surface area is 123 Å². The molecule has 0 saturated carbocycles. The lowest BCUT2D eigenvalue weighted by Gasteiger charge is -2.12. The fourth-order valence-corrected chi connectivity index (χ4v) is 2.21. The minimum absolute atomic E-state index is 0.00709. The van der Waals surface area contributed by atoms with Crippen LogP contribution in [0.2, 0.25) is 0 Å². The normalized spacial score (nSPS) is 14.4. The van der Waals surface area contributed by atoms with Crippen molar-refractivity contribution >= 4 is 11.9 Å². The molecule has 1 aromatic rings. The molecule has 0 unspecified atom stereocenters. The minimum Gasteiger partial charge on any atom is -0.450 e. The number of hydrogen-bond acceptors (Lipinski definition) is 5. The van der Waals surface area contributed by atoms with Crippen LogP contribution in [-0.4, -0.2) is 30.2 Å². The summed E-state index contributed by atoms with van der Waals surface area (Å²) in [6, 6.07) is 1.47. The Kier molecular flexibility index (Phi) is 5.54. The van der Waals surface area contributed by atoms with Gasteiger partial charge in [-0.25, -0.2) is 4.79 Å². The molecule has 21 heavy (non-hydrogen) atoms. The average molecular weight is 292 g/mol. The highest BCUT2D eigenvalue weighted by Crippen LogP contribution is 2.19. The largest absolute Gasteiger partial charge is 0.450 e. The first-order valence-electron chi connectivity index (χ1n) is 7.20. The van der Waals surface area contributed by atoms with Gasteiger partial charge in [-0.05, 0) is 39.0 Å². The Bertz CT molecular complexity index is 534. The van der Waals surface area contributed by atoms with Crippen molar-refractivity contribution in [2.45, 2.75) is 39.0 Å². The fraction of sp³-hybridized carbons (Fsp3) is 0.533. The zero-order valence-electron chi connectivity index (χ0n) is 12.2. The van der Waals surface area contributed by atoms with Crippen molar-refractivity contribution in [2.24, 2.45) is 0 Å². The van der Waals surface area contributed by atoms with Gasteiger partial charge in [0, 0.05) is 12.6 Å². The highest BCUT2D eigenvalue weighted by Gasteiger charge is 2.14. The molecule has 1 aliphatic rings. The molecule has 114 valence electrons. The van der Waals surface area contributed by atoms with Crippen LogP contribution >= 0.6 is 0 Å². The summed E-state index contributed by atoms with van der Waals surface area (Å²) in [5.74, 6) is -0.982. The predicted octanol–water partition coefficient (Wildman–Crippen LogP) is 2.15. The number of allylic oxidation sites excluding steroid dienone is 1. The number of amides is 1. The number of nitrogens with one attached hydrogen (secondary N) is 1. The van der Waals surface area contributed by atoms with Crippen molar-refractivity contribution in [1.29, 1.82) is 0 Å². The molecule has 6 heteroatoms. The standard InChI is InChI=1S/C15H20N2O4/c1-11-9-13(21-17-11)15(19)20-10-14(18)16-8-7-12-5-3-2-4-6-12/h5,9H,2-4,6-8,10H2,1H3,(H,16,18). The van der Waals surface area contributed by atoms with E-state index in [1.165, 1.54) is 24.5 Å². The third-order valence-electron chi connectivity index (χ3n) is 3.32. The molecule has 1 heterocycles. The van der Waals surface area contributed by atoms with Crippen molar-refractivity contribution in [3.63, 3.8) is 0 Å². The Hall–Kier alpha value is -2.11. The molecule has 0 saturated heterocycles. The van der Waals surface area contributed by atoms with Crippen LogP contribution in [0.25, 0.3) is 0 Å². The number of carbonyl (C=O) groups is 2. The lowest BCUT2D eigenvalue weighted by molar-refractivity contribution is -0.124. The van der Waals surface area contributed by atoms with Crippen LogP contribution in [0, 0.1) is 6.92 Å². The van der Waals surface area contributed by atoms with E-state index in [0.29, 0.717) is 12.2 Å². The number of nitrogens with zero attached hydrogens (tertiary/aromatic N) is 1. The number of carbonyl (C=O) groups excluding carboxylic acids is 2. The topological polar surface area (TPSA) is 81.4 Å². The van der Waals surface area contributed by atoms with E-state index in [0.717, 1.165) is 19.3 Å². The van der Waals surface area contributed by atoms with Crippen molar-refractivity contribution in [3.8, 4) is 0 Å². The lowest BCUT2D eigenvalue weighted by atomic mass is 9.97. The second-order valence-corrected chi connectivity index (χ2v) is 5.12. The van der Waals surface area contributed by atoms with E-state index >= 15 is 0 Å². The van der Waals surface area contributed by atoms with Gasteiger partial charge in [0.05, 0.1) is 5.69 Å². The zero-order chi connectivity index (χ0) is 15.1. The summed E-state index contributed by atoms with van der Waals surface area (Å²) >= 11 is 0. The summed E-state index contributed by atoms with van der Waals surface area (Å²) in [6.07, 6.45) is 7.86. The highest BCUT2D eigenvalue weighted by atomic mass is 16.6. The SMILES string of the molecule is Cc1cc(C(=O)OCC(=O)NCCC2=CCCCC2)on1. The van der Waals surface area contributed by atoms with Gasteiger partial charge in [0.2, 0.25) is 5.76 Å². The predicted molar refractivity (Wildman–Crippen MR) is 75.7 cm³/mol. The molecular weight excluding hydrogens is 272 g/mol. The zero-order valence-corrected chi connectivity index (χ0v) is 12.2. The van der Waals surface area contributed by atoms with Crippen LogP contribution < -0.4 is 5.32 Å². The molecule has 1 aliphatic carbocycles. The first kappa shape index (κ1) is 15.3. The molecule has 0 radical (unpaired) electrons. The van der Waals surface area contributed by atoms with Crippen LogP contribution in [0.5, 0.6) is 0 Å². The summed E-state index contributed by atoms with van der Waals surface area (Å²) in [7, 11) is 0. The molecule has 2 rings (SSSR count). The summed E-state index contributed by atoms with van der Waals surface area (Å²) in [5.41, 5.74) is 1.99. The van der Waals surface area contributed by atoms with E-state index in [1.54, 1.807) is 6.92 Å². The third kappa shape index (κ3) is 5.06. The quantitative estimate of drug-likeness (QED) is 0.641. The molecule has 0 aliphatic heterocycles. The van der Waals surface area contributed by atoms with E-state index < -0.39 is 5.97 Å². The molecule has 0 spiro atoms. The van der Waals surface area contributed by atoms with E-state index in [2.05, 4.69) is 16.5 Å². The van der Waals surface area contributed by atoms with Gasteiger partial charge in [-0.3, -0.25) is 4.79 Å². The Morgan fingerprint density at radius 2 is 2.29 bits per heavy atom. The van der Waals surface area contributed by atoms with E-state index in [4.69, 9.17) is 9.26 Å². The molecule has 1 amide bonds. The number of aromatic nitrogens is 1. The van der Waals surface area contributed by atoms with Crippen LogP contribution in [-0.2, 0) is 9.53 Å². The first-order chi connectivity index (χ1) is 10.1. The van der Waals surface area contributed by atoms with Gasteiger partial charge < -0.3 is 14.6 Å². The molecule has 0 bridgehead atoms. The maximum atomic E-state index is 11.6. The monoisotopic (exact) mass is 292 g/mol. The first-order valence-corrected chi connectivity index (χ1v) is 7.20. The Balaban J connectivity index is 1.63. The van der Waals surface area contributed by atoms with Gasteiger partial charge in [0.1, 0.15) is 0 Å². The van der Waals surface area contributed by atoms with E-state index in [-0.39, 0.29) is 18.3 Å². The number of hydrogen-bond donors (Lipinski definition) is 1. The molecule has 6 nitrogen and oxygen atoms in total. The summed E-state index contributed by atoms with van der Waals surface area (Å²) in [6.45, 7) is 1.97. The van der Waals surface area contributed by atoms with E-state index in [1.807, 2.05) is 0 Å². The smallest absolute Gasteiger partial charge is 0.377 e. The summed E-state index contributed by atoms with van der Waals surface area (Å²) in [5, 5.41) is 6.32. The molecule has 0 aromatic carbocycles. The van der Waals surface area contributed by atoms with Gasteiger partial charge in [-0.2, -0.15) is 0 Å². The van der Waals surface area contributed by atoms with Gasteiger partial charge in [0.25, 0.3) is 5.91 Å². The Morgan fingerprint density at radius 3 is 2.95 bits per heavy atom. The fourth-order valence-electron chi connectivity index (χ4n) is 2.21. The molecule has 1 aromatic heterocycles. The number of aryl methyl sites for hydroxylation is 1. The number of rotatable bonds is 6. The van der Waals surface area contributed by atoms with Crippen molar-refractivity contribution in [1.82, 2.24) is 10.5 Å². The average Bonchev–Trinajstić information content (AvgIpc) is 2.92. The van der Waals surface area contributed by atoms with Crippen LogP contribution in [0.1, 0.15) is 48.4 Å². The molecule has 0 fully saturated rings. The van der Waals surface area contributed by atoms with E-state index in [9.17, 15) is 9.59 Å². The Morgan fingerprint density at radius 1 is 1.43 bits per heavy atom. The second kappa shape index (κ2) is 7.61.